The SMILES string of the molecule is CCC(=O)CC(=O)CCCCC(C)C. The molecule has 0 bridgehead atoms. The normalized spacial score (nSPS) is 10.6. The minimum absolute atomic E-state index is 0.0684. The number of carbonyl (C=O) groups is 2. The molecule has 0 atom stereocenters. The second kappa shape index (κ2) is 7.72. The molecule has 14 heavy (non-hydrogen) atoms. The van der Waals surface area contributed by atoms with Crippen molar-refractivity contribution >= 4 is 11.6 Å². The molecule has 0 N–H and O–H groups in total. The minimum atomic E-state index is 0.0684. The summed E-state index contributed by atoms with van der Waals surface area (Å²) in [6.07, 6.45) is 4.43. The topological polar surface area (TPSA) is 34.1 Å². The predicted molar refractivity (Wildman–Crippen MR) is 58.2 cm³/mol. The van der Waals surface area contributed by atoms with E-state index in [9.17, 15) is 9.59 Å². The van der Waals surface area contributed by atoms with Crippen LogP contribution < -0.4 is 0 Å². The Hall–Kier alpha value is -0.660. The monoisotopic (exact) mass is 198 g/mol. The van der Waals surface area contributed by atoms with E-state index in [4.69, 9.17) is 0 Å². The fourth-order valence-corrected chi connectivity index (χ4v) is 1.31. The average Bonchev–Trinajstić information content (AvgIpc) is 2.12. The van der Waals surface area contributed by atoms with Crippen molar-refractivity contribution in [2.75, 3.05) is 0 Å². The molecule has 82 valence electrons. The van der Waals surface area contributed by atoms with Crippen molar-refractivity contribution in [2.45, 2.75) is 59.3 Å². The van der Waals surface area contributed by atoms with Crippen molar-refractivity contribution in [3.63, 3.8) is 0 Å². The first kappa shape index (κ1) is 13.3. The van der Waals surface area contributed by atoms with E-state index in [2.05, 4.69) is 13.8 Å². The third-order valence-corrected chi connectivity index (χ3v) is 2.28. The lowest BCUT2D eigenvalue weighted by Gasteiger charge is -2.03. The van der Waals surface area contributed by atoms with Gasteiger partial charge >= 0.3 is 0 Å². The fraction of sp³-hybridized carbons (Fsp3) is 0.833. The van der Waals surface area contributed by atoms with E-state index < -0.39 is 0 Å². The fourth-order valence-electron chi connectivity index (χ4n) is 1.31. The van der Waals surface area contributed by atoms with Crippen molar-refractivity contribution in [2.24, 2.45) is 5.92 Å². The third kappa shape index (κ3) is 7.96. The van der Waals surface area contributed by atoms with Crippen LogP contribution >= 0.6 is 0 Å². The van der Waals surface area contributed by atoms with Crippen LogP contribution in [0.25, 0.3) is 0 Å². The van der Waals surface area contributed by atoms with Crippen LogP contribution in [0.2, 0.25) is 0 Å². The summed E-state index contributed by atoms with van der Waals surface area (Å²) >= 11 is 0. The van der Waals surface area contributed by atoms with Crippen LogP contribution in [0, 0.1) is 5.92 Å². The zero-order chi connectivity index (χ0) is 11.0. The Kier molecular flexibility index (Phi) is 7.35. The molecule has 0 aromatic rings. The van der Waals surface area contributed by atoms with Gasteiger partial charge in [0.25, 0.3) is 0 Å². The molecule has 0 aliphatic carbocycles. The molecular formula is C12H22O2. The molecule has 0 saturated heterocycles. The molecule has 2 heteroatoms. The predicted octanol–water partition coefficient (Wildman–Crippen LogP) is 3.14. The first-order valence-corrected chi connectivity index (χ1v) is 5.59. The van der Waals surface area contributed by atoms with Crippen LogP contribution in [0.5, 0.6) is 0 Å². The van der Waals surface area contributed by atoms with E-state index in [1.807, 2.05) is 0 Å². The number of hydrogen-bond donors (Lipinski definition) is 0. The van der Waals surface area contributed by atoms with Gasteiger partial charge in [-0.3, -0.25) is 9.59 Å². The van der Waals surface area contributed by atoms with Gasteiger partial charge in [-0.1, -0.05) is 33.6 Å². The van der Waals surface area contributed by atoms with E-state index >= 15 is 0 Å². The van der Waals surface area contributed by atoms with Gasteiger partial charge in [0, 0.05) is 12.8 Å². The molecule has 0 unspecified atom stereocenters. The molecule has 0 saturated carbocycles. The Morgan fingerprint density at radius 2 is 1.71 bits per heavy atom. The lowest BCUT2D eigenvalue weighted by molar-refractivity contribution is -0.126. The maximum absolute atomic E-state index is 11.2. The van der Waals surface area contributed by atoms with Crippen molar-refractivity contribution in [1.29, 1.82) is 0 Å². The Morgan fingerprint density at radius 1 is 1.07 bits per heavy atom. The highest BCUT2D eigenvalue weighted by atomic mass is 16.1. The molecular weight excluding hydrogens is 176 g/mol. The molecule has 0 radical (unpaired) electrons. The summed E-state index contributed by atoms with van der Waals surface area (Å²) in [6.45, 7) is 6.17. The summed E-state index contributed by atoms with van der Waals surface area (Å²) in [6, 6.07) is 0. The molecule has 0 aromatic heterocycles. The number of unbranched alkanes of at least 4 members (excludes halogenated alkanes) is 1. The van der Waals surface area contributed by atoms with Gasteiger partial charge in [0.15, 0.2) is 0 Å². The van der Waals surface area contributed by atoms with E-state index in [0.717, 1.165) is 12.8 Å². The Balaban J connectivity index is 3.40. The summed E-state index contributed by atoms with van der Waals surface area (Å²) in [4.78, 5) is 22.2. The van der Waals surface area contributed by atoms with E-state index in [0.29, 0.717) is 18.8 Å². The number of Topliss-reactive ketones (excluding diaryl/α,β-unsaturated/α-hetero) is 2. The zero-order valence-electron chi connectivity index (χ0n) is 9.64. The minimum Gasteiger partial charge on any atom is -0.299 e. The Morgan fingerprint density at radius 3 is 2.21 bits per heavy atom. The van der Waals surface area contributed by atoms with Crippen molar-refractivity contribution < 1.29 is 9.59 Å². The van der Waals surface area contributed by atoms with Crippen molar-refractivity contribution in [3.05, 3.63) is 0 Å². The van der Waals surface area contributed by atoms with Gasteiger partial charge in [-0.2, -0.15) is 0 Å². The Labute approximate surface area is 87.1 Å². The van der Waals surface area contributed by atoms with E-state index in [1.165, 1.54) is 6.42 Å². The molecule has 0 aromatic carbocycles. The quantitative estimate of drug-likeness (QED) is 0.443. The first-order valence-electron chi connectivity index (χ1n) is 5.59. The van der Waals surface area contributed by atoms with Gasteiger partial charge < -0.3 is 0 Å². The molecule has 0 rings (SSSR count). The highest BCUT2D eigenvalue weighted by molar-refractivity contribution is 5.98. The van der Waals surface area contributed by atoms with E-state index in [-0.39, 0.29) is 18.0 Å². The van der Waals surface area contributed by atoms with Gasteiger partial charge in [0.05, 0.1) is 6.42 Å². The highest BCUT2D eigenvalue weighted by Crippen LogP contribution is 2.09. The largest absolute Gasteiger partial charge is 0.299 e. The standard InChI is InChI=1S/C12H22O2/c1-4-11(13)9-12(14)8-6-5-7-10(2)3/h10H,4-9H2,1-3H3. The summed E-state index contributed by atoms with van der Waals surface area (Å²) < 4.78 is 0. The molecule has 0 aliphatic rings. The van der Waals surface area contributed by atoms with Crippen molar-refractivity contribution in [3.8, 4) is 0 Å². The van der Waals surface area contributed by atoms with Gasteiger partial charge in [0.1, 0.15) is 11.6 Å². The van der Waals surface area contributed by atoms with Gasteiger partial charge in [-0.05, 0) is 12.3 Å². The van der Waals surface area contributed by atoms with Gasteiger partial charge in [0.2, 0.25) is 0 Å². The molecule has 0 fully saturated rings. The second-order valence-electron chi connectivity index (χ2n) is 4.25. The first-order chi connectivity index (χ1) is 6.56. The summed E-state index contributed by atoms with van der Waals surface area (Å²) in [5, 5.41) is 0. The number of rotatable bonds is 8. The molecule has 0 heterocycles. The van der Waals surface area contributed by atoms with Crippen LogP contribution in [-0.4, -0.2) is 11.6 Å². The van der Waals surface area contributed by atoms with Crippen LogP contribution in [-0.2, 0) is 9.59 Å². The highest BCUT2D eigenvalue weighted by Gasteiger charge is 2.07. The number of hydrogen-bond acceptors (Lipinski definition) is 2. The second-order valence-corrected chi connectivity index (χ2v) is 4.25. The van der Waals surface area contributed by atoms with Crippen LogP contribution in [0.15, 0.2) is 0 Å². The zero-order valence-corrected chi connectivity index (χ0v) is 9.64. The van der Waals surface area contributed by atoms with Gasteiger partial charge in [-0.15, -0.1) is 0 Å². The Bertz CT molecular complexity index is 183. The molecule has 0 spiro atoms. The number of carbonyl (C=O) groups excluding carboxylic acids is 2. The molecule has 0 aliphatic heterocycles. The van der Waals surface area contributed by atoms with E-state index in [1.54, 1.807) is 6.92 Å². The smallest absolute Gasteiger partial charge is 0.140 e. The number of ketones is 2. The molecule has 0 amide bonds. The maximum Gasteiger partial charge on any atom is 0.140 e. The van der Waals surface area contributed by atoms with Crippen LogP contribution in [0.3, 0.4) is 0 Å². The van der Waals surface area contributed by atoms with Crippen LogP contribution in [0.1, 0.15) is 59.3 Å². The average molecular weight is 198 g/mol. The van der Waals surface area contributed by atoms with Crippen LogP contribution in [0.4, 0.5) is 0 Å². The lowest BCUT2D eigenvalue weighted by atomic mass is 10.0. The van der Waals surface area contributed by atoms with Crippen molar-refractivity contribution in [1.82, 2.24) is 0 Å². The maximum atomic E-state index is 11.2. The summed E-state index contributed by atoms with van der Waals surface area (Å²) in [7, 11) is 0. The summed E-state index contributed by atoms with van der Waals surface area (Å²) in [5.74, 6) is 0.891. The third-order valence-electron chi connectivity index (χ3n) is 2.28. The molecule has 2 nitrogen and oxygen atoms in total. The van der Waals surface area contributed by atoms with Gasteiger partial charge in [-0.25, -0.2) is 0 Å². The lowest BCUT2D eigenvalue weighted by Crippen LogP contribution is -2.06. The summed E-state index contributed by atoms with van der Waals surface area (Å²) in [5.41, 5.74) is 0.